The Kier molecular flexibility index (Phi) is 4.60. The first-order valence-corrected chi connectivity index (χ1v) is 4.66. The topological polar surface area (TPSA) is 21.3 Å². The first kappa shape index (κ1) is 10.6. The van der Waals surface area contributed by atoms with E-state index in [-0.39, 0.29) is 0 Å². The van der Waals surface area contributed by atoms with Crippen LogP contribution in [0.3, 0.4) is 0 Å². The maximum Gasteiger partial charge on any atom is 0.0479 e. The minimum absolute atomic E-state index is 0.780. The van der Waals surface area contributed by atoms with E-state index in [1.165, 1.54) is 0 Å². The van der Waals surface area contributed by atoms with Crippen LogP contribution in [-0.2, 0) is 4.74 Å². The van der Waals surface area contributed by atoms with Crippen LogP contribution in [0.1, 0.15) is 12.0 Å². The summed E-state index contributed by atoms with van der Waals surface area (Å²) < 4.78 is 4.95. The molecule has 2 heteroatoms. The van der Waals surface area contributed by atoms with Gasteiger partial charge in [-0.1, -0.05) is 12.0 Å². The fourth-order valence-electron chi connectivity index (χ4n) is 1.17. The van der Waals surface area contributed by atoms with Crippen molar-refractivity contribution in [1.82, 2.24) is 0 Å². The molecule has 14 heavy (non-hydrogen) atoms. The normalized spacial score (nSPS) is 9.43. The van der Waals surface area contributed by atoms with E-state index in [1.807, 2.05) is 24.3 Å². The van der Waals surface area contributed by atoms with Gasteiger partial charge in [-0.2, -0.15) is 0 Å². The van der Waals surface area contributed by atoms with Crippen LogP contribution in [0.2, 0.25) is 0 Å². The van der Waals surface area contributed by atoms with E-state index in [9.17, 15) is 0 Å². The lowest BCUT2D eigenvalue weighted by Gasteiger charge is -2.05. The molecule has 0 saturated carbocycles. The van der Waals surface area contributed by atoms with Gasteiger partial charge in [0.05, 0.1) is 0 Å². The molecule has 0 unspecified atom stereocenters. The van der Waals surface area contributed by atoms with E-state index in [0.717, 1.165) is 30.8 Å². The van der Waals surface area contributed by atoms with E-state index in [2.05, 4.69) is 11.2 Å². The van der Waals surface area contributed by atoms with Crippen LogP contribution >= 0.6 is 0 Å². The highest BCUT2D eigenvalue weighted by atomic mass is 16.5. The zero-order valence-electron chi connectivity index (χ0n) is 8.42. The smallest absolute Gasteiger partial charge is 0.0479 e. The molecule has 1 aromatic rings. The maximum atomic E-state index is 5.30. The second kappa shape index (κ2) is 6.06. The lowest BCUT2D eigenvalue weighted by molar-refractivity contribution is 0.198. The average molecular weight is 189 g/mol. The lowest BCUT2D eigenvalue weighted by Crippen LogP contribution is -2.04. The molecule has 0 amide bonds. The van der Waals surface area contributed by atoms with Crippen LogP contribution in [-0.4, -0.2) is 20.3 Å². The third-order valence-corrected chi connectivity index (χ3v) is 1.88. The Labute approximate surface area is 85.3 Å². The summed E-state index contributed by atoms with van der Waals surface area (Å²) in [5, 5.41) is 3.28. The van der Waals surface area contributed by atoms with E-state index in [1.54, 1.807) is 7.11 Å². The monoisotopic (exact) mass is 189 g/mol. The van der Waals surface area contributed by atoms with Crippen molar-refractivity contribution in [2.45, 2.75) is 6.42 Å². The predicted molar refractivity (Wildman–Crippen MR) is 59.4 cm³/mol. The summed E-state index contributed by atoms with van der Waals surface area (Å²) in [4.78, 5) is 0. The minimum atomic E-state index is 0.780. The number of rotatable bonds is 5. The van der Waals surface area contributed by atoms with E-state index >= 15 is 0 Å². The number of methoxy groups -OCH3 is 1. The third kappa shape index (κ3) is 3.51. The standard InChI is InChI=1S/C12H15NO/c1-3-11-6-4-7-12(10-11)13-8-5-9-14-2/h1,4,6-7,10,13H,5,8-9H2,2H3. The van der Waals surface area contributed by atoms with Crippen molar-refractivity contribution in [2.75, 3.05) is 25.6 Å². The van der Waals surface area contributed by atoms with Crippen LogP contribution in [0.5, 0.6) is 0 Å². The second-order valence-electron chi connectivity index (χ2n) is 3.00. The number of anilines is 1. The summed E-state index contributed by atoms with van der Waals surface area (Å²) in [6.07, 6.45) is 6.29. The number of terminal acetylenes is 1. The molecule has 1 aromatic carbocycles. The third-order valence-electron chi connectivity index (χ3n) is 1.88. The molecule has 1 N–H and O–H groups in total. The first-order valence-electron chi connectivity index (χ1n) is 4.66. The van der Waals surface area contributed by atoms with Crippen molar-refractivity contribution in [3.05, 3.63) is 29.8 Å². The largest absolute Gasteiger partial charge is 0.385 e. The van der Waals surface area contributed by atoms with Crippen molar-refractivity contribution in [3.8, 4) is 12.3 Å². The molecule has 0 radical (unpaired) electrons. The summed E-state index contributed by atoms with van der Waals surface area (Å²) in [5.74, 6) is 2.60. The molecular weight excluding hydrogens is 174 g/mol. The summed E-state index contributed by atoms with van der Waals surface area (Å²) >= 11 is 0. The average Bonchev–Trinajstić information content (AvgIpc) is 2.25. The second-order valence-corrected chi connectivity index (χ2v) is 3.00. The molecule has 0 aliphatic carbocycles. The summed E-state index contributed by atoms with van der Waals surface area (Å²) in [7, 11) is 1.71. The van der Waals surface area contributed by atoms with Gasteiger partial charge in [0.25, 0.3) is 0 Å². The molecule has 74 valence electrons. The quantitative estimate of drug-likeness (QED) is 0.566. The molecule has 0 aliphatic rings. The maximum absolute atomic E-state index is 5.30. The molecule has 0 aromatic heterocycles. The Bertz CT molecular complexity index is 314. The number of hydrogen-bond acceptors (Lipinski definition) is 2. The molecule has 0 spiro atoms. The fourth-order valence-corrected chi connectivity index (χ4v) is 1.17. The van der Waals surface area contributed by atoms with Gasteiger partial charge in [0.2, 0.25) is 0 Å². The summed E-state index contributed by atoms with van der Waals surface area (Å²) in [6, 6.07) is 7.84. The summed E-state index contributed by atoms with van der Waals surface area (Å²) in [6.45, 7) is 1.68. The Morgan fingerprint density at radius 1 is 1.50 bits per heavy atom. The van der Waals surface area contributed by atoms with Crippen molar-refractivity contribution in [3.63, 3.8) is 0 Å². The van der Waals surface area contributed by atoms with Crippen molar-refractivity contribution in [2.24, 2.45) is 0 Å². The fraction of sp³-hybridized carbons (Fsp3) is 0.333. The Morgan fingerprint density at radius 3 is 3.07 bits per heavy atom. The number of nitrogens with one attached hydrogen (secondary N) is 1. The molecule has 0 aliphatic heterocycles. The zero-order chi connectivity index (χ0) is 10.2. The Morgan fingerprint density at radius 2 is 2.36 bits per heavy atom. The highest BCUT2D eigenvalue weighted by molar-refractivity contribution is 5.49. The molecule has 1 rings (SSSR count). The van der Waals surface area contributed by atoms with Gasteiger partial charge < -0.3 is 10.1 Å². The molecule has 0 fully saturated rings. The highest BCUT2D eigenvalue weighted by Crippen LogP contribution is 2.09. The Balaban J connectivity index is 2.39. The van der Waals surface area contributed by atoms with Gasteiger partial charge in [-0.05, 0) is 24.6 Å². The molecule has 0 saturated heterocycles. The molecule has 0 atom stereocenters. The number of benzene rings is 1. The Hall–Kier alpha value is -1.46. The van der Waals surface area contributed by atoms with Gasteiger partial charge in [-0.25, -0.2) is 0 Å². The molecule has 0 heterocycles. The van der Waals surface area contributed by atoms with Crippen LogP contribution in [0.15, 0.2) is 24.3 Å². The van der Waals surface area contributed by atoms with E-state index in [4.69, 9.17) is 11.2 Å². The van der Waals surface area contributed by atoms with Gasteiger partial charge in [0, 0.05) is 31.5 Å². The molecule has 2 nitrogen and oxygen atoms in total. The van der Waals surface area contributed by atoms with Gasteiger partial charge >= 0.3 is 0 Å². The van der Waals surface area contributed by atoms with Gasteiger partial charge in [0.15, 0.2) is 0 Å². The van der Waals surface area contributed by atoms with Crippen LogP contribution in [0.4, 0.5) is 5.69 Å². The van der Waals surface area contributed by atoms with Crippen LogP contribution < -0.4 is 5.32 Å². The van der Waals surface area contributed by atoms with Crippen LogP contribution in [0, 0.1) is 12.3 Å². The molecular formula is C12H15NO. The first-order chi connectivity index (χ1) is 6.86. The molecule has 0 bridgehead atoms. The summed E-state index contributed by atoms with van der Waals surface area (Å²) in [5.41, 5.74) is 1.97. The van der Waals surface area contributed by atoms with E-state index < -0.39 is 0 Å². The predicted octanol–water partition coefficient (Wildman–Crippen LogP) is 2.12. The lowest BCUT2D eigenvalue weighted by atomic mass is 10.2. The van der Waals surface area contributed by atoms with Gasteiger partial charge in [0.1, 0.15) is 0 Å². The van der Waals surface area contributed by atoms with Crippen molar-refractivity contribution < 1.29 is 4.74 Å². The van der Waals surface area contributed by atoms with Gasteiger partial charge in [-0.15, -0.1) is 6.42 Å². The zero-order valence-corrected chi connectivity index (χ0v) is 8.42. The SMILES string of the molecule is C#Cc1cccc(NCCCOC)c1. The van der Waals surface area contributed by atoms with Crippen LogP contribution in [0.25, 0.3) is 0 Å². The van der Waals surface area contributed by atoms with Gasteiger partial charge in [-0.3, -0.25) is 0 Å². The van der Waals surface area contributed by atoms with Crippen molar-refractivity contribution >= 4 is 5.69 Å². The number of hydrogen-bond donors (Lipinski definition) is 1. The van der Waals surface area contributed by atoms with Crippen molar-refractivity contribution in [1.29, 1.82) is 0 Å². The highest BCUT2D eigenvalue weighted by Gasteiger charge is 1.92. The minimum Gasteiger partial charge on any atom is -0.385 e. The number of ether oxygens (including phenoxy) is 1. The van der Waals surface area contributed by atoms with E-state index in [0.29, 0.717) is 0 Å².